The molecular weight excluding hydrogens is 184 g/mol. The molecule has 0 spiro atoms. The summed E-state index contributed by atoms with van der Waals surface area (Å²) in [5.41, 5.74) is 8.47. The van der Waals surface area contributed by atoms with E-state index >= 15 is 0 Å². The van der Waals surface area contributed by atoms with Crippen LogP contribution in [0.3, 0.4) is 0 Å². The molecule has 2 rings (SSSR count). The monoisotopic (exact) mass is 194 g/mol. The summed E-state index contributed by atoms with van der Waals surface area (Å²) in [5, 5.41) is 1.99. The highest BCUT2D eigenvalue weighted by Gasteiger charge is 2.03. The second-order valence-corrected chi connectivity index (χ2v) is 3.69. The summed E-state index contributed by atoms with van der Waals surface area (Å²) in [4.78, 5) is 4.39. The van der Waals surface area contributed by atoms with Gasteiger partial charge < -0.3 is 10.5 Å². The van der Waals surface area contributed by atoms with Crippen LogP contribution in [0, 0.1) is 0 Å². The Kier molecular flexibility index (Phi) is 2.16. The first-order valence-corrected chi connectivity index (χ1v) is 4.81. The minimum Gasteiger partial charge on any atom is -0.397 e. The van der Waals surface area contributed by atoms with Gasteiger partial charge in [-0.3, -0.25) is 0 Å². The van der Waals surface area contributed by atoms with Crippen LogP contribution < -0.4 is 5.73 Å². The number of nitrogen functional groups attached to an aromatic ring is 1. The fraction of sp³-hybridized carbons (Fsp3) is 0.222. The molecule has 0 atom stereocenters. The van der Waals surface area contributed by atoms with E-state index in [4.69, 9.17) is 10.5 Å². The lowest BCUT2D eigenvalue weighted by atomic mass is 10.3. The summed E-state index contributed by atoms with van der Waals surface area (Å²) in [7, 11) is 1.65. The van der Waals surface area contributed by atoms with E-state index in [0.717, 1.165) is 21.6 Å². The van der Waals surface area contributed by atoms with Crippen LogP contribution in [0.1, 0.15) is 5.69 Å². The molecule has 68 valence electrons. The van der Waals surface area contributed by atoms with Crippen LogP contribution in [0.4, 0.5) is 5.69 Å². The molecule has 2 heterocycles. The topological polar surface area (TPSA) is 48.1 Å². The van der Waals surface area contributed by atoms with Gasteiger partial charge in [-0.05, 0) is 17.5 Å². The molecule has 3 nitrogen and oxygen atoms in total. The fourth-order valence-electron chi connectivity index (χ4n) is 1.26. The van der Waals surface area contributed by atoms with Crippen molar-refractivity contribution in [3.63, 3.8) is 0 Å². The molecule has 0 unspecified atom stereocenters. The van der Waals surface area contributed by atoms with Gasteiger partial charge in [-0.25, -0.2) is 4.98 Å². The first-order valence-electron chi connectivity index (χ1n) is 3.93. The number of ether oxygens (including phenoxy) is 1. The molecule has 0 aliphatic heterocycles. The Hall–Kier alpha value is -1.13. The molecule has 2 aromatic rings. The fourth-order valence-corrected chi connectivity index (χ4v) is 2.02. The maximum Gasteiger partial charge on any atom is 0.0885 e. The molecule has 0 aliphatic carbocycles. The molecule has 0 saturated heterocycles. The van der Waals surface area contributed by atoms with Crippen molar-refractivity contribution in [2.24, 2.45) is 0 Å². The van der Waals surface area contributed by atoms with Gasteiger partial charge in [-0.1, -0.05) is 0 Å². The Morgan fingerprint density at radius 3 is 3.23 bits per heavy atom. The third kappa shape index (κ3) is 1.50. The molecule has 2 aromatic heterocycles. The minimum atomic E-state index is 0.510. The first kappa shape index (κ1) is 8.47. The Bertz CT molecular complexity index is 424. The molecule has 2 N–H and O–H groups in total. The molecular formula is C9H10N2OS. The van der Waals surface area contributed by atoms with Gasteiger partial charge in [0.2, 0.25) is 0 Å². The van der Waals surface area contributed by atoms with Gasteiger partial charge in [0, 0.05) is 7.11 Å². The molecule has 0 fully saturated rings. The molecule has 0 aliphatic rings. The second kappa shape index (κ2) is 3.32. The Morgan fingerprint density at radius 2 is 2.46 bits per heavy atom. The van der Waals surface area contributed by atoms with Crippen LogP contribution in [0.2, 0.25) is 0 Å². The number of methoxy groups -OCH3 is 1. The van der Waals surface area contributed by atoms with Gasteiger partial charge in [0.15, 0.2) is 0 Å². The zero-order valence-electron chi connectivity index (χ0n) is 7.28. The lowest BCUT2D eigenvalue weighted by Gasteiger charge is -2.01. The maximum atomic E-state index is 5.85. The average Bonchev–Trinajstić information content (AvgIpc) is 2.53. The lowest BCUT2D eigenvalue weighted by molar-refractivity contribution is 0.182. The summed E-state index contributed by atoms with van der Waals surface area (Å²) in [6.07, 6.45) is 0. The highest BCUT2D eigenvalue weighted by Crippen LogP contribution is 2.25. The number of pyridine rings is 1. The predicted molar refractivity (Wildman–Crippen MR) is 54.7 cm³/mol. The van der Waals surface area contributed by atoms with Gasteiger partial charge in [-0.15, -0.1) is 11.3 Å². The smallest absolute Gasteiger partial charge is 0.0885 e. The van der Waals surface area contributed by atoms with E-state index in [1.807, 2.05) is 17.5 Å². The Morgan fingerprint density at radius 1 is 1.62 bits per heavy atom. The minimum absolute atomic E-state index is 0.510. The number of thiophene rings is 1. The number of nitrogens with zero attached hydrogens (tertiary/aromatic N) is 1. The van der Waals surface area contributed by atoms with Crippen molar-refractivity contribution >= 4 is 27.2 Å². The lowest BCUT2D eigenvalue weighted by Crippen LogP contribution is -1.95. The second-order valence-electron chi connectivity index (χ2n) is 2.77. The van der Waals surface area contributed by atoms with Crippen molar-refractivity contribution in [1.82, 2.24) is 4.98 Å². The van der Waals surface area contributed by atoms with Crippen molar-refractivity contribution in [1.29, 1.82) is 0 Å². The van der Waals surface area contributed by atoms with E-state index in [-0.39, 0.29) is 0 Å². The van der Waals surface area contributed by atoms with Gasteiger partial charge in [0.25, 0.3) is 0 Å². The maximum absolute atomic E-state index is 5.85. The summed E-state index contributed by atoms with van der Waals surface area (Å²) < 4.78 is 6.05. The van der Waals surface area contributed by atoms with Crippen molar-refractivity contribution in [2.45, 2.75) is 6.61 Å². The number of anilines is 1. The normalized spacial score (nSPS) is 10.8. The van der Waals surface area contributed by atoms with E-state index < -0.39 is 0 Å². The van der Waals surface area contributed by atoms with E-state index in [0.29, 0.717) is 6.61 Å². The van der Waals surface area contributed by atoms with Crippen molar-refractivity contribution in [2.75, 3.05) is 12.8 Å². The summed E-state index contributed by atoms with van der Waals surface area (Å²) in [6.45, 7) is 0.510. The van der Waals surface area contributed by atoms with Gasteiger partial charge in [-0.2, -0.15) is 0 Å². The molecule has 13 heavy (non-hydrogen) atoms. The third-order valence-electron chi connectivity index (χ3n) is 1.79. The number of aromatic nitrogens is 1. The average molecular weight is 194 g/mol. The van der Waals surface area contributed by atoms with Crippen LogP contribution in [0.5, 0.6) is 0 Å². The van der Waals surface area contributed by atoms with E-state index in [1.54, 1.807) is 18.4 Å². The number of hydrogen-bond acceptors (Lipinski definition) is 4. The highest BCUT2D eigenvalue weighted by molar-refractivity contribution is 7.17. The van der Waals surface area contributed by atoms with Crippen LogP contribution >= 0.6 is 11.3 Å². The van der Waals surface area contributed by atoms with E-state index in [2.05, 4.69) is 4.98 Å². The number of fused-ring (bicyclic) bond motifs is 1. The van der Waals surface area contributed by atoms with Crippen molar-refractivity contribution in [3.05, 3.63) is 23.2 Å². The van der Waals surface area contributed by atoms with E-state index in [1.165, 1.54) is 0 Å². The largest absolute Gasteiger partial charge is 0.397 e. The van der Waals surface area contributed by atoms with Crippen LogP contribution in [-0.4, -0.2) is 12.1 Å². The first-order chi connectivity index (χ1) is 6.31. The van der Waals surface area contributed by atoms with E-state index in [9.17, 15) is 0 Å². The molecule has 0 bridgehead atoms. The third-order valence-corrected chi connectivity index (χ3v) is 2.74. The molecule has 0 radical (unpaired) electrons. The van der Waals surface area contributed by atoms with Crippen LogP contribution in [-0.2, 0) is 11.3 Å². The van der Waals surface area contributed by atoms with Crippen LogP contribution in [0.15, 0.2) is 17.5 Å². The number of hydrogen-bond donors (Lipinski definition) is 1. The van der Waals surface area contributed by atoms with Crippen molar-refractivity contribution in [3.8, 4) is 0 Å². The van der Waals surface area contributed by atoms with Crippen LogP contribution in [0.25, 0.3) is 10.2 Å². The zero-order chi connectivity index (χ0) is 9.26. The summed E-state index contributed by atoms with van der Waals surface area (Å²) in [5.74, 6) is 0. The van der Waals surface area contributed by atoms with Gasteiger partial charge in [0.1, 0.15) is 0 Å². The summed E-state index contributed by atoms with van der Waals surface area (Å²) in [6, 6.07) is 3.83. The van der Waals surface area contributed by atoms with Crippen molar-refractivity contribution < 1.29 is 4.74 Å². The molecule has 0 amide bonds. The number of rotatable bonds is 2. The SMILES string of the molecule is COCc1cc(N)c2sccc2n1. The standard InChI is InChI=1S/C9H10N2OS/c1-12-5-6-4-7(10)9-8(11-6)2-3-13-9/h2-4H,5H2,1H3,(H2,10,11). The molecule has 4 heteroatoms. The highest BCUT2D eigenvalue weighted by atomic mass is 32.1. The quantitative estimate of drug-likeness (QED) is 0.795. The Labute approximate surface area is 80.2 Å². The van der Waals surface area contributed by atoms with Gasteiger partial charge in [0.05, 0.1) is 28.2 Å². The predicted octanol–water partition coefficient (Wildman–Crippen LogP) is 2.02. The summed E-state index contributed by atoms with van der Waals surface area (Å²) >= 11 is 1.61. The molecule has 0 aromatic carbocycles. The molecule has 0 saturated carbocycles. The Balaban J connectivity index is 2.56. The number of nitrogens with two attached hydrogens (primary N) is 1. The zero-order valence-corrected chi connectivity index (χ0v) is 8.10. The van der Waals surface area contributed by atoms with Gasteiger partial charge >= 0.3 is 0 Å².